The lowest BCUT2D eigenvalue weighted by Gasteiger charge is -2.30. The van der Waals surface area contributed by atoms with Crippen LogP contribution in [0.4, 0.5) is 8.78 Å². The van der Waals surface area contributed by atoms with Gasteiger partial charge in [0.2, 0.25) is 5.91 Å². The number of hydrogen-bond acceptors (Lipinski definition) is 3. The van der Waals surface area contributed by atoms with Gasteiger partial charge in [-0.15, -0.1) is 0 Å². The lowest BCUT2D eigenvalue weighted by atomic mass is 9.96. The predicted octanol–water partition coefficient (Wildman–Crippen LogP) is 1.85. The van der Waals surface area contributed by atoms with Crippen LogP contribution in [0.15, 0.2) is 18.2 Å². The summed E-state index contributed by atoms with van der Waals surface area (Å²) in [6.45, 7) is 3.33. The van der Waals surface area contributed by atoms with Crippen molar-refractivity contribution in [1.82, 2.24) is 15.1 Å². The molecule has 4 nitrogen and oxygen atoms in total. The van der Waals surface area contributed by atoms with Crippen molar-refractivity contribution in [2.24, 2.45) is 5.92 Å². The van der Waals surface area contributed by atoms with Gasteiger partial charge in [0.1, 0.15) is 0 Å². The van der Waals surface area contributed by atoms with E-state index >= 15 is 0 Å². The highest BCUT2D eigenvalue weighted by Crippen LogP contribution is 2.18. The van der Waals surface area contributed by atoms with E-state index in [2.05, 4.69) is 5.32 Å². The molecule has 0 bridgehead atoms. The first-order valence-electron chi connectivity index (χ1n) is 8.05. The van der Waals surface area contributed by atoms with Gasteiger partial charge in [0, 0.05) is 25.6 Å². The average Bonchev–Trinajstić information content (AvgIpc) is 2.54. The molecule has 0 atom stereocenters. The lowest BCUT2D eigenvalue weighted by Crippen LogP contribution is -2.43. The number of benzene rings is 1. The van der Waals surface area contributed by atoms with Gasteiger partial charge in [-0.3, -0.25) is 4.79 Å². The molecule has 1 aromatic rings. The highest BCUT2D eigenvalue weighted by Gasteiger charge is 2.26. The van der Waals surface area contributed by atoms with Crippen molar-refractivity contribution in [2.75, 3.05) is 40.3 Å². The standard InChI is InChI=1S/C17H25F2N3O/c1-21(2)9-10-22(17(23)14-5-7-20-8-6-14)12-13-3-4-15(18)16(19)11-13/h3-4,11,14,20H,5-10,12H2,1-2H3. The maximum absolute atomic E-state index is 13.4. The monoisotopic (exact) mass is 325 g/mol. The Morgan fingerprint density at radius 2 is 1.87 bits per heavy atom. The molecule has 1 amide bonds. The molecule has 23 heavy (non-hydrogen) atoms. The first-order valence-corrected chi connectivity index (χ1v) is 8.05. The van der Waals surface area contributed by atoms with E-state index in [0.717, 1.165) is 38.5 Å². The van der Waals surface area contributed by atoms with E-state index in [9.17, 15) is 13.6 Å². The van der Waals surface area contributed by atoms with E-state index in [1.807, 2.05) is 19.0 Å². The van der Waals surface area contributed by atoms with Gasteiger partial charge in [-0.25, -0.2) is 8.78 Å². The third-order valence-electron chi connectivity index (χ3n) is 4.17. The minimum absolute atomic E-state index is 0.0173. The molecule has 0 saturated carbocycles. The minimum Gasteiger partial charge on any atom is -0.337 e. The first kappa shape index (κ1) is 17.8. The summed E-state index contributed by atoms with van der Waals surface area (Å²) in [4.78, 5) is 16.6. The number of halogens is 2. The molecule has 0 aliphatic carbocycles. The van der Waals surface area contributed by atoms with Gasteiger partial charge < -0.3 is 15.1 Å². The molecule has 0 spiro atoms. The maximum atomic E-state index is 13.4. The van der Waals surface area contributed by atoms with Crippen LogP contribution >= 0.6 is 0 Å². The normalized spacial score (nSPS) is 15.9. The van der Waals surface area contributed by atoms with Crippen LogP contribution in [-0.2, 0) is 11.3 Å². The fourth-order valence-corrected chi connectivity index (χ4v) is 2.77. The van der Waals surface area contributed by atoms with Crippen LogP contribution in [0.2, 0.25) is 0 Å². The Kier molecular flexibility index (Phi) is 6.47. The van der Waals surface area contributed by atoms with Crippen LogP contribution in [0.5, 0.6) is 0 Å². The van der Waals surface area contributed by atoms with Gasteiger partial charge in [-0.05, 0) is 57.7 Å². The summed E-state index contributed by atoms with van der Waals surface area (Å²) in [7, 11) is 3.90. The minimum atomic E-state index is -0.871. The first-order chi connectivity index (χ1) is 11.0. The predicted molar refractivity (Wildman–Crippen MR) is 85.9 cm³/mol. The Labute approximate surface area is 136 Å². The van der Waals surface area contributed by atoms with Crippen LogP contribution in [0.1, 0.15) is 18.4 Å². The van der Waals surface area contributed by atoms with Crippen molar-refractivity contribution in [1.29, 1.82) is 0 Å². The van der Waals surface area contributed by atoms with Crippen molar-refractivity contribution < 1.29 is 13.6 Å². The number of nitrogens with zero attached hydrogens (tertiary/aromatic N) is 2. The third kappa shape index (κ3) is 5.25. The number of amides is 1. The SMILES string of the molecule is CN(C)CCN(Cc1ccc(F)c(F)c1)C(=O)C1CCNCC1. The number of hydrogen-bond donors (Lipinski definition) is 1. The summed E-state index contributed by atoms with van der Waals surface area (Å²) in [6.07, 6.45) is 1.66. The Hall–Kier alpha value is -1.53. The highest BCUT2D eigenvalue weighted by atomic mass is 19.2. The number of carbonyl (C=O) groups excluding carboxylic acids is 1. The van der Waals surface area contributed by atoms with E-state index in [1.165, 1.54) is 12.1 Å². The number of rotatable bonds is 6. The average molecular weight is 325 g/mol. The smallest absolute Gasteiger partial charge is 0.226 e. The Bertz CT molecular complexity index is 531. The number of likely N-dealkylation sites (N-methyl/N-ethyl adjacent to an activating group) is 1. The zero-order chi connectivity index (χ0) is 16.8. The number of carbonyl (C=O) groups is 1. The van der Waals surface area contributed by atoms with E-state index in [4.69, 9.17) is 0 Å². The van der Waals surface area contributed by atoms with Crippen LogP contribution in [-0.4, -0.2) is 56.0 Å². The van der Waals surface area contributed by atoms with Crippen molar-refractivity contribution in [3.05, 3.63) is 35.4 Å². The fraction of sp³-hybridized carbons (Fsp3) is 0.588. The van der Waals surface area contributed by atoms with Crippen LogP contribution in [0, 0.1) is 17.6 Å². The van der Waals surface area contributed by atoms with Crippen molar-refractivity contribution in [3.8, 4) is 0 Å². The van der Waals surface area contributed by atoms with Gasteiger partial charge in [0.05, 0.1) is 0 Å². The molecule has 0 unspecified atom stereocenters. The number of nitrogens with one attached hydrogen (secondary N) is 1. The Morgan fingerprint density at radius 1 is 1.17 bits per heavy atom. The Morgan fingerprint density at radius 3 is 2.48 bits per heavy atom. The molecular weight excluding hydrogens is 300 g/mol. The van der Waals surface area contributed by atoms with E-state index in [1.54, 1.807) is 4.90 Å². The molecule has 1 saturated heterocycles. The van der Waals surface area contributed by atoms with Gasteiger partial charge in [0.15, 0.2) is 11.6 Å². The molecule has 1 fully saturated rings. The van der Waals surface area contributed by atoms with Gasteiger partial charge in [0.25, 0.3) is 0 Å². The zero-order valence-electron chi connectivity index (χ0n) is 13.8. The second-order valence-corrected chi connectivity index (χ2v) is 6.34. The summed E-state index contributed by atoms with van der Waals surface area (Å²) in [6, 6.07) is 3.83. The second kappa shape index (κ2) is 8.36. The summed E-state index contributed by atoms with van der Waals surface area (Å²) >= 11 is 0. The highest BCUT2D eigenvalue weighted by molar-refractivity contribution is 5.79. The van der Waals surface area contributed by atoms with E-state index < -0.39 is 11.6 Å². The second-order valence-electron chi connectivity index (χ2n) is 6.34. The van der Waals surface area contributed by atoms with Crippen LogP contribution in [0.25, 0.3) is 0 Å². The third-order valence-corrected chi connectivity index (χ3v) is 4.17. The molecule has 0 aromatic heterocycles. The summed E-state index contributed by atoms with van der Waals surface area (Å²) in [5.74, 6) is -1.61. The molecule has 1 aliphatic rings. The van der Waals surface area contributed by atoms with Crippen molar-refractivity contribution in [2.45, 2.75) is 19.4 Å². The molecule has 2 rings (SSSR count). The molecule has 128 valence electrons. The fourth-order valence-electron chi connectivity index (χ4n) is 2.77. The van der Waals surface area contributed by atoms with Crippen molar-refractivity contribution in [3.63, 3.8) is 0 Å². The molecule has 6 heteroatoms. The quantitative estimate of drug-likeness (QED) is 0.867. The summed E-state index contributed by atoms with van der Waals surface area (Å²) < 4.78 is 26.5. The topological polar surface area (TPSA) is 35.6 Å². The van der Waals surface area contributed by atoms with Gasteiger partial charge in [-0.1, -0.05) is 6.07 Å². The van der Waals surface area contributed by atoms with Gasteiger partial charge in [-0.2, -0.15) is 0 Å². The maximum Gasteiger partial charge on any atom is 0.226 e. The molecule has 1 aromatic carbocycles. The van der Waals surface area contributed by atoms with Crippen LogP contribution in [0.3, 0.4) is 0 Å². The lowest BCUT2D eigenvalue weighted by molar-refractivity contribution is -0.137. The molecular formula is C17H25F2N3O. The molecule has 0 radical (unpaired) electrons. The molecule has 1 heterocycles. The molecule has 1 aliphatic heterocycles. The Balaban J connectivity index is 2.08. The van der Waals surface area contributed by atoms with Crippen molar-refractivity contribution >= 4 is 5.91 Å². The summed E-state index contributed by atoms with van der Waals surface area (Å²) in [5.41, 5.74) is 0.616. The largest absolute Gasteiger partial charge is 0.337 e. The molecule has 1 N–H and O–H groups in total. The number of piperidine rings is 1. The summed E-state index contributed by atoms with van der Waals surface area (Å²) in [5, 5.41) is 3.25. The van der Waals surface area contributed by atoms with E-state index in [0.29, 0.717) is 18.7 Å². The van der Waals surface area contributed by atoms with Gasteiger partial charge >= 0.3 is 0 Å². The van der Waals surface area contributed by atoms with Crippen LogP contribution < -0.4 is 5.32 Å². The zero-order valence-corrected chi connectivity index (χ0v) is 13.8. The van der Waals surface area contributed by atoms with E-state index in [-0.39, 0.29) is 11.8 Å².